The molecule has 1 aliphatic carbocycles. The van der Waals surface area contributed by atoms with Crippen LogP contribution in [0.25, 0.3) is 0 Å². The van der Waals surface area contributed by atoms with Crippen LogP contribution in [0.4, 0.5) is 10.1 Å². The van der Waals surface area contributed by atoms with Crippen LogP contribution in [0.1, 0.15) is 80.6 Å². The molecule has 8 nitrogen and oxygen atoms in total. The Morgan fingerprint density at radius 2 is 1.74 bits per heavy atom. The van der Waals surface area contributed by atoms with Crippen molar-refractivity contribution in [3.63, 3.8) is 0 Å². The Balaban J connectivity index is 1.68. The van der Waals surface area contributed by atoms with Crippen LogP contribution in [0, 0.1) is 5.92 Å². The molecule has 1 aliphatic rings. The normalized spacial score (nSPS) is 14.3. The summed E-state index contributed by atoms with van der Waals surface area (Å²) in [5.74, 6) is -0.712. The van der Waals surface area contributed by atoms with Crippen LogP contribution in [0.2, 0.25) is 0 Å². The van der Waals surface area contributed by atoms with Gasteiger partial charge >= 0.3 is 5.97 Å². The van der Waals surface area contributed by atoms with Crippen molar-refractivity contribution in [2.75, 3.05) is 17.2 Å². The maximum atomic E-state index is 13.0. The van der Waals surface area contributed by atoms with Crippen molar-refractivity contribution in [2.45, 2.75) is 82.2 Å². The summed E-state index contributed by atoms with van der Waals surface area (Å²) >= 11 is 4.00. The Kier molecular flexibility index (Phi) is 9.90. The molecular weight excluding hydrogens is 492 g/mol. The number of carbonyl (C=O) groups is 3. The van der Waals surface area contributed by atoms with E-state index in [1.165, 1.54) is 34.4 Å². The van der Waals surface area contributed by atoms with E-state index in [0.717, 1.165) is 55.4 Å². The molecule has 3 rings (SSSR count). The van der Waals surface area contributed by atoms with Gasteiger partial charge in [-0.15, -0.1) is 21.5 Å². The molecule has 0 aromatic carbocycles. The highest BCUT2D eigenvalue weighted by molar-refractivity contribution is 8.02. The highest BCUT2D eigenvalue weighted by Gasteiger charge is 2.28. The van der Waals surface area contributed by atoms with Crippen LogP contribution in [-0.4, -0.2) is 39.8 Å². The van der Waals surface area contributed by atoms with Crippen molar-refractivity contribution in [1.82, 2.24) is 10.2 Å². The molecule has 0 fully saturated rings. The van der Waals surface area contributed by atoms with Gasteiger partial charge in [-0.05, 0) is 57.9 Å². The first-order valence-corrected chi connectivity index (χ1v) is 14.3. The number of nitrogens with one attached hydrogen (secondary N) is 2. The third kappa shape index (κ3) is 6.57. The Morgan fingerprint density at radius 1 is 1.00 bits per heavy atom. The number of carbonyl (C=O) groups excluding carboxylic acids is 3. The number of rotatable bonds is 10. The SMILES string of the molecule is CCOC(=O)c1c(NC(=O)C(C)Sc2nnc(NC(=O)C(CC)CC)s2)sc2c1CCCCC2. The van der Waals surface area contributed by atoms with E-state index in [1.807, 2.05) is 13.8 Å². The number of thiophene rings is 1. The smallest absolute Gasteiger partial charge is 0.341 e. The van der Waals surface area contributed by atoms with Gasteiger partial charge in [-0.1, -0.05) is 43.4 Å². The van der Waals surface area contributed by atoms with Crippen molar-refractivity contribution in [3.05, 3.63) is 16.0 Å². The molecule has 2 aromatic rings. The van der Waals surface area contributed by atoms with Gasteiger partial charge < -0.3 is 15.4 Å². The summed E-state index contributed by atoms with van der Waals surface area (Å²) in [7, 11) is 0. The Morgan fingerprint density at radius 3 is 2.44 bits per heavy atom. The number of fused-ring (bicyclic) bond motifs is 1. The molecule has 11 heteroatoms. The molecule has 34 heavy (non-hydrogen) atoms. The van der Waals surface area contributed by atoms with Crippen LogP contribution in [0.5, 0.6) is 0 Å². The van der Waals surface area contributed by atoms with Gasteiger partial charge in [0.1, 0.15) is 5.00 Å². The monoisotopic (exact) mass is 524 g/mol. The predicted octanol–water partition coefficient (Wildman–Crippen LogP) is 5.54. The fourth-order valence-corrected chi connectivity index (χ4v) is 7.02. The first-order chi connectivity index (χ1) is 16.4. The third-order valence-electron chi connectivity index (χ3n) is 5.78. The van der Waals surface area contributed by atoms with E-state index in [-0.39, 0.29) is 30.3 Å². The van der Waals surface area contributed by atoms with Crippen LogP contribution in [0.15, 0.2) is 4.34 Å². The maximum absolute atomic E-state index is 13.0. The average Bonchev–Trinajstić information content (AvgIpc) is 3.30. The molecule has 0 aliphatic heterocycles. The standard InChI is InChI=1S/C23H32N4O4S3/c1-5-14(6-2)19(29)25-22-26-27-23(34-22)32-13(4)18(28)24-20-17(21(30)31-7-3)15-11-9-8-10-12-16(15)33-20/h13-14H,5-12H2,1-4H3,(H,24,28)(H,25,26,29). The second-order valence-electron chi connectivity index (χ2n) is 8.11. The van der Waals surface area contributed by atoms with Gasteiger partial charge in [-0.3, -0.25) is 9.59 Å². The molecule has 2 heterocycles. The fraction of sp³-hybridized carbons (Fsp3) is 0.609. The van der Waals surface area contributed by atoms with Crippen molar-refractivity contribution < 1.29 is 19.1 Å². The van der Waals surface area contributed by atoms with E-state index in [4.69, 9.17) is 4.74 Å². The summed E-state index contributed by atoms with van der Waals surface area (Å²) < 4.78 is 5.89. The topological polar surface area (TPSA) is 110 Å². The van der Waals surface area contributed by atoms with Crippen molar-refractivity contribution in [3.8, 4) is 0 Å². The van der Waals surface area contributed by atoms with Crippen molar-refractivity contribution >= 4 is 62.4 Å². The summed E-state index contributed by atoms with van der Waals surface area (Å²) in [6.45, 7) is 7.81. The van der Waals surface area contributed by atoms with Gasteiger partial charge in [0, 0.05) is 10.8 Å². The maximum Gasteiger partial charge on any atom is 0.341 e. The minimum atomic E-state index is -0.465. The summed E-state index contributed by atoms with van der Waals surface area (Å²) in [5.41, 5.74) is 1.54. The van der Waals surface area contributed by atoms with Crippen LogP contribution < -0.4 is 10.6 Å². The number of hydrogen-bond donors (Lipinski definition) is 2. The van der Waals surface area contributed by atoms with Gasteiger partial charge in [0.2, 0.25) is 16.9 Å². The molecule has 2 N–H and O–H groups in total. The van der Waals surface area contributed by atoms with Gasteiger partial charge in [-0.2, -0.15) is 0 Å². The lowest BCUT2D eigenvalue weighted by molar-refractivity contribution is -0.120. The van der Waals surface area contributed by atoms with Crippen molar-refractivity contribution in [2.24, 2.45) is 5.92 Å². The second-order valence-corrected chi connectivity index (χ2v) is 11.8. The van der Waals surface area contributed by atoms with Crippen molar-refractivity contribution in [1.29, 1.82) is 0 Å². The molecule has 186 valence electrons. The van der Waals surface area contributed by atoms with E-state index in [0.29, 0.717) is 20.0 Å². The van der Waals surface area contributed by atoms with Gasteiger partial charge in [0.25, 0.3) is 0 Å². The van der Waals surface area contributed by atoms with E-state index in [1.54, 1.807) is 13.8 Å². The predicted molar refractivity (Wildman–Crippen MR) is 138 cm³/mol. The Labute approximate surface area is 212 Å². The number of amides is 2. The van der Waals surface area contributed by atoms with E-state index in [9.17, 15) is 14.4 Å². The number of aryl methyl sites for hydroxylation is 1. The van der Waals surface area contributed by atoms with Gasteiger partial charge in [-0.25, -0.2) is 4.79 Å². The number of nitrogens with zero attached hydrogens (tertiary/aromatic N) is 2. The number of hydrogen-bond acceptors (Lipinski definition) is 9. The molecule has 0 saturated heterocycles. The first kappa shape index (κ1) is 26.6. The second kappa shape index (κ2) is 12.6. The van der Waals surface area contributed by atoms with Crippen LogP contribution >= 0.6 is 34.4 Å². The summed E-state index contributed by atoms with van der Waals surface area (Å²) in [6, 6.07) is 0. The molecule has 0 saturated carbocycles. The molecule has 1 atom stereocenters. The molecule has 0 bridgehead atoms. The Bertz CT molecular complexity index is 1020. The zero-order chi connectivity index (χ0) is 24.7. The molecule has 0 radical (unpaired) electrons. The molecule has 0 spiro atoms. The third-order valence-corrected chi connectivity index (χ3v) is 9.01. The highest BCUT2D eigenvalue weighted by atomic mass is 32.2. The number of esters is 1. The first-order valence-electron chi connectivity index (χ1n) is 11.8. The zero-order valence-corrected chi connectivity index (χ0v) is 22.5. The summed E-state index contributed by atoms with van der Waals surface area (Å²) in [6.07, 6.45) is 6.53. The number of anilines is 2. The zero-order valence-electron chi connectivity index (χ0n) is 20.1. The van der Waals surface area contributed by atoms with E-state index < -0.39 is 5.25 Å². The lowest BCUT2D eigenvalue weighted by atomic mass is 10.0. The van der Waals surface area contributed by atoms with E-state index >= 15 is 0 Å². The van der Waals surface area contributed by atoms with Gasteiger partial charge in [0.15, 0.2) is 4.34 Å². The minimum Gasteiger partial charge on any atom is -0.462 e. The quantitative estimate of drug-likeness (QED) is 0.182. The fourth-order valence-electron chi connectivity index (χ4n) is 3.84. The van der Waals surface area contributed by atoms with Crippen LogP contribution in [0.3, 0.4) is 0 Å². The average molecular weight is 525 g/mol. The summed E-state index contributed by atoms with van der Waals surface area (Å²) in [5, 5.41) is 14.5. The van der Waals surface area contributed by atoms with Crippen LogP contribution in [-0.2, 0) is 27.2 Å². The molecule has 1 unspecified atom stereocenters. The largest absolute Gasteiger partial charge is 0.462 e. The number of aromatic nitrogens is 2. The molecule has 2 amide bonds. The Hall–Kier alpha value is -1.98. The molecular formula is C23H32N4O4S3. The minimum absolute atomic E-state index is 0.0563. The highest BCUT2D eigenvalue weighted by Crippen LogP contribution is 2.39. The van der Waals surface area contributed by atoms with E-state index in [2.05, 4.69) is 20.8 Å². The number of thioether (sulfide) groups is 1. The van der Waals surface area contributed by atoms with Gasteiger partial charge in [0.05, 0.1) is 17.4 Å². The lowest BCUT2D eigenvalue weighted by Crippen LogP contribution is -2.23. The number of ether oxygens (including phenoxy) is 1. The molecule has 2 aromatic heterocycles. The lowest BCUT2D eigenvalue weighted by Gasteiger charge is -2.11. The summed E-state index contributed by atoms with van der Waals surface area (Å²) in [4.78, 5) is 39.1.